The van der Waals surface area contributed by atoms with Crippen molar-refractivity contribution < 1.29 is 22.7 Å². The summed E-state index contributed by atoms with van der Waals surface area (Å²) in [4.78, 5) is 10.9. The molecule has 7 heteroatoms. The fourth-order valence-corrected chi connectivity index (χ4v) is 1.74. The summed E-state index contributed by atoms with van der Waals surface area (Å²) in [5, 5.41) is 3.73. The normalized spacial score (nSPS) is 20.8. The molecule has 0 saturated carbocycles. The Bertz CT molecular complexity index is 408. The predicted octanol–water partition coefficient (Wildman–Crippen LogP) is 1.81. The monoisotopic (exact) mass is 248 g/mol. The van der Waals surface area contributed by atoms with Crippen molar-refractivity contribution in [1.82, 2.24) is 9.78 Å². The maximum absolute atomic E-state index is 12.1. The molecule has 0 bridgehead atoms. The van der Waals surface area contributed by atoms with Crippen LogP contribution in [0.1, 0.15) is 23.2 Å². The van der Waals surface area contributed by atoms with Crippen LogP contribution in [0.4, 0.5) is 13.2 Å². The van der Waals surface area contributed by atoms with E-state index in [4.69, 9.17) is 4.74 Å². The van der Waals surface area contributed by atoms with E-state index in [-0.39, 0.29) is 6.10 Å². The van der Waals surface area contributed by atoms with Gasteiger partial charge in [-0.05, 0) is 12.8 Å². The van der Waals surface area contributed by atoms with E-state index in [0.29, 0.717) is 13.2 Å². The molecule has 2 heterocycles. The molecule has 0 spiro atoms. The molecule has 0 aliphatic carbocycles. The van der Waals surface area contributed by atoms with Crippen molar-refractivity contribution in [2.75, 3.05) is 6.61 Å². The molecule has 1 aromatic rings. The van der Waals surface area contributed by atoms with Crippen LogP contribution in [0.15, 0.2) is 12.4 Å². The van der Waals surface area contributed by atoms with Gasteiger partial charge in [-0.1, -0.05) is 0 Å². The Kier molecular flexibility index (Phi) is 3.19. The summed E-state index contributed by atoms with van der Waals surface area (Å²) in [5.41, 5.74) is -0.435. The van der Waals surface area contributed by atoms with Crippen molar-refractivity contribution in [3.05, 3.63) is 18.0 Å². The van der Waals surface area contributed by atoms with Gasteiger partial charge in [-0.15, -0.1) is 0 Å². The third kappa shape index (κ3) is 2.85. The molecule has 1 aliphatic rings. The van der Waals surface area contributed by atoms with Crippen LogP contribution >= 0.6 is 0 Å². The molecule has 1 fully saturated rings. The number of ketones is 1. The van der Waals surface area contributed by atoms with E-state index in [0.717, 1.165) is 25.2 Å². The second-order valence-corrected chi connectivity index (χ2v) is 3.91. The minimum absolute atomic E-state index is 0.0243. The molecule has 0 N–H and O–H groups in total. The fourth-order valence-electron chi connectivity index (χ4n) is 1.74. The number of hydrogen-bond acceptors (Lipinski definition) is 3. The number of Topliss-reactive ketones (excluding diaryl/α,β-unsaturated/α-hetero) is 1. The second-order valence-electron chi connectivity index (χ2n) is 3.91. The minimum Gasteiger partial charge on any atom is -0.376 e. The van der Waals surface area contributed by atoms with Gasteiger partial charge in [-0.3, -0.25) is 9.48 Å². The van der Waals surface area contributed by atoms with Crippen LogP contribution in [0, 0.1) is 0 Å². The van der Waals surface area contributed by atoms with Crippen molar-refractivity contribution in [3.8, 4) is 0 Å². The summed E-state index contributed by atoms with van der Waals surface area (Å²) in [5.74, 6) is -1.86. The molecule has 1 saturated heterocycles. The van der Waals surface area contributed by atoms with Gasteiger partial charge in [0.05, 0.1) is 24.4 Å². The highest BCUT2D eigenvalue weighted by molar-refractivity contribution is 5.99. The van der Waals surface area contributed by atoms with E-state index in [9.17, 15) is 18.0 Å². The van der Waals surface area contributed by atoms with Crippen LogP contribution in [0.5, 0.6) is 0 Å². The van der Waals surface area contributed by atoms with Crippen LogP contribution in [0.2, 0.25) is 0 Å². The van der Waals surface area contributed by atoms with Gasteiger partial charge < -0.3 is 4.74 Å². The first-order chi connectivity index (χ1) is 7.97. The lowest BCUT2D eigenvalue weighted by Crippen LogP contribution is -2.22. The molecule has 1 atom stereocenters. The van der Waals surface area contributed by atoms with Crippen LogP contribution < -0.4 is 0 Å². The number of carbonyl (C=O) groups excluding carboxylic acids is 1. The number of carbonyl (C=O) groups is 1. The minimum atomic E-state index is -4.85. The van der Waals surface area contributed by atoms with Crippen LogP contribution in [0.25, 0.3) is 0 Å². The molecule has 17 heavy (non-hydrogen) atoms. The molecule has 0 radical (unpaired) electrons. The van der Waals surface area contributed by atoms with Gasteiger partial charge in [-0.25, -0.2) is 0 Å². The van der Waals surface area contributed by atoms with E-state index < -0.39 is 17.5 Å². The number of hydrogen-bond donors (Lipinski definition) is 0. The van der Waals surface area contributed by atoms with Gasteiger partial charge in [-0.2, -0.15) is 18.3 Å². The first-order valence-corrected chi connectivity index (χ1v) is 5.22. The molecule has 1 aromatic heterocycles. The Labute approximate surface area is 95.4 Å². The van der Waals surface area contributed by atoms with Gasteiger partial charge in [0.1, 0.15) is 0 Å². The molecule has 1 unspecified atom stereocenters. The smallest absolute Gasteiger partial charge is 0.376 e. The summed E-state index contributed by atoms with van der Waals surface area (Å²) in [6, 6.07) is 0. The summed E-state index contributed by atoms with van der Waals surface area (Å²) in [6.45, 7) is 1.05. The lowest BCUT2D eigenvalue weighted by molar-refractivity contribution is -0.0885. The van der Waals surface area contributed by atoms with Crippen molar-refractivity contribution in [1.29, 1.82) is 0 Å². The van der Waals surface area contributed by atoms with Gasteiger partial charge in [0.15, 0.2) is 0 Å². The first-order valence-electron chi connectivity index (χ1n) is 5.22. The quantitative estimate of drug-likeness (QED) is 0.766. The fraction of sp³-hybridized carbons (Fsp3) is 0.600. The van der Waals surface area contributed by atoms with Gasteiger partial charge in [0.2, 0.25) is 0 Å². The van der Waals surface area contributed by atoms with Crippen molar-refractivity contribution >= 4 is 5.78 Å². The Morgan fingerprint density at radius 1 is 1.59 bits per heavy atom. The highest BCUT2D eigenvalue weighted by Crippen LogP contribution is 2.21. The molecule has 0 amide bonds. The highest BCUT2D eigenvalue weighted by atomic mass is 19.4. The Morgan fingerprint density at radius 3 is 2.94 bits per heavy atom. The van der Waals surface area contributed by atoms with E-state index in [1.807, 2.05) is 0 Å². The highest BCUT2D eigenvalue weighted by Gasteiger charge is 2.40. The van der Waals surface area contributed by atoms with E-state index in [2.05, 4.69) is 5.10 Å². The first kappa shape index (κ1) is 12.1. The number of ether oxygens (including phenoxy) is 1. The van der Waals surface area contributed by atoms with Crippen molar-refractivity contribution in [3.63, 3.8) is 0 Å². The summed E-state index contributed by atoms with van der Waals surface area (Å²) < 4.78 is 43.1. The number of alkyl halides is 3. The lowest BCUT2D eigenvalue weighted by Gasteiger charge is -2.08. The Balaban J connectivity index is 2.02. The van der Waals surface area contributed by atoms with E-state index in [1.165, 1.54) is 4.68 Å². The molecule has 4 nitrogen and oxygen atoms in total. The number of rotatable bonds is 3. The van der Waals surface area contributed by atoms with Gasteiger partial charge in [0, 0.05) is 12.8 Å². The maximum Gasteiger partial charge on any atom is 0.454 e. The zero-order valence-corrected chi connectivity index (χ0v) is 8.91. The average Bonchev–Trinajstić information content (AvgIpc) is 2.87. The molecule has 2 rings (SSSR count). The van der Waals surface area contributed by atoms with Crippen molar-refractivity contribution in [2.24, 2.45) is 0 Å². The molecule has 1 aliphatic heterocycles. The number of aromatic nitrogens is 2. The molecule has 0 aromatic carbocycles. The van der Waals surface area contributed by atoms with Crippen LogP contribution in [0.3, 0.4) is 0 Å². The topological polar surface area (TPSA) is 44.1 Å². The Morgan fingerprint density at radius 2 is 2.35 bits per heavy atom. The summed E-state index contributed by atoms with van der Waals surface area (Å²) in [7, 11) is 0. The van der Waals surface area contributed by atoms with Crippen molar-refractivity contribution in [2.45, 2.75) is 31.7 Å². The van der Waals surface area contributed by atoms with Gasteiger partial charge in [0.25, 0.3) is 5.78 Å². The standard InChI is InChI=1S/C10H11F3N2O2/c11-10(12,13)9(16)7-4-14-15(5-7)6-8-2-1-3-17-8/h4-5,8H,1-3,6H2. The third-order valence-electron chi connectivity index (χ3n) is 2.57. The summed E-state index contributed by atoms with van der Waals surface area (Å²) >= 11 is 0. The number of nitrogens with zero attached hydrogens (tertiary/aromatic N) is 2. The molecule has 94 valence electrons. The molecular weight excluding hydrogens is 237 g/mol. The zero-order chi connectivity index (χ0) is 12.5. The predicted molar refractivity (Wildman–Crippen MR) is 51.6 cm³/mol. The van der Waals surface area contributed by atoms with E-state index >= 15 is 0 Å². The Hall–Kier alpha value is -1.37. The molecular formula is C10H11F3N2O2. The van der Waals surface area contributed by atoms with Crippen LogP contribution in [-0.4, -0.2) is 34.5 Å². The second kappa shape index (κ2) is 4.48. The average molecular weight is 248 g/mol. The van der Waals surface area contributed by atoms with Gasteiger partial charge >= 0.3 is 6.18 Å². The van der Waals surface area contributed by atoms with Crippen LogP contribution in [-0.2, 0) is 11.3 Å². The lowest BCUT2D eigenvalue weighted by atomic mass is 10.2. The third-order valence-corrected chi connectivity index (χ3v) is 2.57. The SMILES string of the molecule is O=C(c1cnn(CC2CCCO2)c1)C(F)(F)F. The zero-order valence-electron chi connectivity index (χ0n) is 8.91. The largest absolute Gasteiger partial charge is 0.454 e. The maximum atomic E-state index is 12.1. The number of halogens is 3. The van der Waals surface area contributed by atoms with E-state index in [1.54, 1.807) is 0 Å². The summed E-state index contributed by atoms with van der Waals surface area (Å²) in [6.07, 6.45) is -1.02.